The molecule has 0 amide bonds. The van der Waals surface area contributed by atoms with E-state index in [0.717, 1.165) is 33.9 Å². The smallest absolute Gasteiger partial charge is 0.159 e. The Bertz CT molecular complexity index is 868. The van der Waals surface area contributed by atoms with Crippen LogP contribution in [0.3, 0.4) is 0 Å². The summed E-state index contributed by atoms with van der Waals surface area (Å²) in [5, 5.41) is 5.65. The second-order valence-electron chi connectivity index (χ2n) is 5.03. The number of nitrogens with two attached hydrogens (primary N) is 1. The number of aromatic nitrogens is 3. The molecule has 0 aliphatic carbocycles. The van der Waals surface area contributed by atoms with E-state index in [1.807, 2.05) is 26.8 Å². The van der Waals surface area contributed by atoms with Crippen molar-refractivity contribution in [3.05, 3.63) is 45.2 Å². The SMILES string of the molecule is Cc1nc2c(C)c(C)nn2c(-c2ccc(Cl)cc2Cl)c1N. The number of nitrogen functional groups attached to an aromatic ring is 1. The first-order valence-electron chi connectivity index (χ1n) is 6.47. The van der Waals surface area contributed by atoms with Crippen LogP contribution >= 0.6 is 23.2 Å². The first kappa shape index (κ1) is 14.2. The van der Waals surface area contributed by atoms with Crippen molar-refractivity contribution in [2.75, 3.05) is 5.73 Å². The maximum Gasteiger partial charge on any atom is 0.159 e. The van der Waals surface area contributed by atoms with Crippen molar-refractivity contribution in [2.45, 2.75) is 20.8 Å². The Morgan fingerprint density at radius 3 is 2.48 bits per heavy atom. The Balaban J connectivity index is 2.46. The summed E-state index contributed by atoms with van der Waals surface area (Å²) in [6, 6.07) is 5.33. The molecule has 3 rings (SSSR count). The second-order valence-corrected chi connectivity index (χ2v) is 5.87. The van der Waals surface area contributed by atoms with Gasteiger partial charge < -0.3 is 5.73 Å². The lowest BCUT2D eigenvalue weighted by molar-refractivity contribution is 0.920. The number of hydrogen-bond donors (Lipinski definition) is 1. The minimum atomic E-state index is 0.534. The van der Waals surface area contributed by atoms with E-state index in [-0.39, 0.29) is 0 Å². The molecular weight excluding hydrogens is 307 g/mol. The van der Waals surface area contributed by atoms with E-state index in [0.29, 0.717) is 15.7 Å². The Morgan fingerprint density at radius 2 is 1.81 bits per heavy atom. The minimum absolute atomic E-state index is 0.534. The van der Waals surface area contributed by atoms with Crippen molar-refractivity contribution in [2.24, 2.45) is 0 Å². The third-order valence-corrected chi connectivity index (χ3v) is 4.19. The van der Waals surface area contributed by atoms with Gasteiger partial charge in [0.15, 0.2) is 5.65 Å². The fraction of sp³-hybridized carbons (Fsp3) is 0.200. The molecule has 0 atom stereocenters. The first-order valence-corrected chi connectivity index (χ1v) is 7.23. The van der Waals surface area contributed by atoms with E-state index in [2.05, 4.69) is 10.1 Å². The summed E-state index contributed by atoms with van der Waals surface area (Å²) >= 11 is 12.3. The van der Waals surface area contributed by atoms with Crippen LogP contribution in [0.1, 0.15) is 17.0 Å². The predicted molar refractivity (Wildman–Crippen MR) is 87.1 cm³/mol. The van der Waals surface area contributed by atoms with Gasteiger partial charge in [0.25, 0.3) is 0 Å². The van der Waals surface area contributed by atoms with Crippen LogP contribution in [0.25, 0.3) is 16.9 Å². The molecule has 0 aliphatic rings. The zero-order chi connectivity index (χ0) is 15.3. The maximum absolute atomic E-state index is 6.33. The van der Waals surface area contributed by atoms with Crippen LogP contribution in [0, 0.1) is 20.8 Å². The van der Waals surface area contributed by atoms with E-state index in [9.17, 15) is 0 Å². The average molecular weight is 321 g/mol. The lowest BCUT2D eigenvalue weighted by Gasteiger charge is -2.12. The maximum atomic E-state index is 6.33. The number of anilines is 1. The van der Waals surface area contributed by atoms with Gasteiger partial charge in [0.1, 0.15) is 5.69 Å². The van der Waals surface area contributed by atoms with Crippen molar-refractivity contribution in [1.29, 1.82) is 0 Å². The predicted octanol–water partition coefficient (Wildman–Crippen LogP) is 4.21. The Morgan fingerprint density at radius 1 is 1.10 bits per heavy atom. The van der Waals surface area contributed by atoms with Gasteiger partial charge >= 0.3 is 0 Å². The molecule has 2 aromatic heterocycles. The summed E-state index contributed by atoms with van der Waals surface area (Å²) in [7, 11) is 0. The quantitative estimate of drug-likeness (QED) is 0.730. The summed E-state index contributed by atoms with van der Waals surface area (Å²) in [4.78, 5) is 4.54. The van der Waals surface area contributed by atoms with Crippen LogP contribution in [0.4, 0.5) is 5.69 Å². The largest absolute Gasteiger partial charge is 0.395 e. The van der Waals surface area contributed by atoms with E-state index >= 15 is 0 Å². The highest BCUT2D eigenvalue weighted by atomic mass is 35.5. The molecule has 2 N–H and O–H groups in total. The monoisotopic (exact) mass is 320 g/mol. The number of halogens is 2. The summed E-state index contributed by atoms with van der Waals surface area (Å²) in [5.41, 5.74) is 11.8. The van der Waals surface area contributed by atoms with Gasteiger partial charge in [-0.2, -0.15) is 5.10 Å². The van der Waals surface area contributed by atoms with Gasteiger partial charge in [-0.1, -0.05) is 23.2 Å². The van der Waals surface area contributed by atoms with Crippen LogP contribution in [-0.4, -0.2) is 14.6 Å². The number of nitrogens with zero attached hydrogens (tertiary/aromatic N) is 3. The van der Waals surface area contributed by atoms with E-state index in [1.54, 1.807) is 16.6 Å². The number of rotatable bonds is 1. The molecule has 21 heavy (non-hydrogen) atoms. The van der Waals surface area contributed by atoms with Gasteiger partial charge in [0.05, 0.1) is 22.1 Å². The highest BCUT2D eigenvalue weighted by Crippen LogP contribution is 2.35. The van der Waals surface area contributed by atoms with Gasteiger partial charge in [0.2, 0.25) is 0 Å². The summed E-state index contributed by atoms with van der Waals surface area (Å²) in [5.74, 6) is 0. The fourth-order valence-electron chi connectivity index (χ4n) is 2.33. The molecule has 4 nitrogen and oxygen atoms in total. The number of fused-ring (bicyclic) bond motifs is 1. The molecule has 6 heteroatoms. The topological polar surface area (TPSA) is 56.2 Å². The van der Waals surface area contributed by atoms with Crippen LogP contribution < -0.4 is 5.73 Å². The molecule has 0 saturated carbocycles. The molecule has 2 heterocycles. The lowest BCUT2D eigenvalue weighted by atomic mass is 10.1. The standard InChI is InChI=1S/C15H14Cl2N4/c1-7-8(2)20-21-14(13(18)9(3)19-15(7)21)11-5-4-10(16)6-12(11)17/h4-6H,18H2,1-3H3. The zero-order valence-electron chi connectivity index (χ0n) is 11.9. The van der Waals surface area contributed by atoms with Gasteiger partial charge in [-0.05, 0) is 39.0 Å². The van der Waals surface area contributed by atoms with Crippen molar-refractivity contribution in [3.63, 3.8) is 0 Å². The summed E-state index contributed by atoms with van der Waals surface area (Å²) < 4.78 is 1.75. The highest BCUT2D eigenvalue weighted by molar-refractivity contribution is 6.36. The highest BCUT2D eigenvalue weighted by Gasteiger charge is 2.18. The van der Waals surface area contributed by atoms with Crippen LogP contribution in [0.2, 0.25) is 10.0 Å². The molecule has 0 radical (unpaired) electrons. The normalized spacial score (nSPS) is 11.3. The Labute approximate surface area is 132 Å². The van der Waals surface area contributed by atoms with Crippen molar-refractivity contribution < 1.29 is 0 Å². The first-order chi connectivity index (χ1) is 9.90. The zero-order valence-corrected chi connectivity index (χ0v) is 13.4. The molecule has 3 aromatic rings. The van der Waals surface area contributed by atoms with Crippen molar-refractivity contribution >= 4 is 34.5 Å². The molecule has 1 aromatic carbocycles. The molecule has 0 aliphatic heterocycles. The molecule has 0 bridgehead atoms. The molecule has 0 spiro atoms. The second kappa shape index (κ2) is 4.90. The molecule has 0 saturated heterocycles. The van der Waals surface area contributed by atoms with E-state index in [1.165, 1.54) is 0 Å². The molecule has 0 unspecified atom stereocenters. The number of hydrogen-bond acceptors (Lipinski definition) is 3. The minimum Gasteiger partial charge on any atom is -0.395 e. The van der Waals surface area contributed by atoms with E-state index in [4.69, 9.17) is 28.9 Å². The van der Waals surface area contributed by atoms with Crippen molar-refractivity contribution in [1.82, 2.24) is 14.6 Å². The van der Waals surface area contributed by atoms with Gasteiger partial charge in [-0.3, -0.25) is 0 Å². The lowest BCUT2D eigenvalue weighted by Crippen LogP contribution is -2.05. The molecular formula is C15H14Cl2N4. The van der Waals surface area contributed by atoms with Gasteiger partial charge in [-0.15, -0.1) is 0 Å². The van der Waals surface area contributed by atoms with Gasteiger partial charge in [0, 0.05) is 16.1 Å². The third-order valence-electron chi connectivity index (χ3n) is 3.65. The fourth-order valence-corrected chi connectivity index (χ4v) is 2.82. The molecule has 0 fully saturated rings. The third kappa shape index (κ3) is 2.15. The average Bonchev–Trinajstić information content (AvgIpc) is 2.69. The summed E-state index contributed by atoms with van der Waals surface area (Å²) in [6.07, 6.45) is 0. The Kier molecular flexibility index (Phi) is 3.30. The van der Waals surface area contributed by atoms with Crippen molar-refractivity contribution in [3.8, 4) is 11.3 Å². The Hall–Kier alpha value is -1.78. The van der Waals surface area contributed by atoms with Crippen LogP contribution in [0.5, 0.6) is 0 Å². The summed E-state index contributed by atoms with van der Waals surface area (Å²) in [6.45, 7) is 5.82. The van der Waals surface area contributed by atoms with Crippen LogP contribution in [-0.2, 0) is 0 Å². The number of benzene rings is 1. The van der Waals surface area contributed by atoms with Crippen LogP contribution in [0.15, 0.2) is 18.2 Å². The number of aryl methyl sites for hydroxylation is 3. The van der Waals surface area contributed by atoms with Gasteiger partial charge in [-0.25, -0.2) is 9.50 Å². The van der Waals surface area contributed by atoms with E-state index < -0.39 is 0 Å². The molecule has 108 valence electrons.